The topological polar surface area (TPSA) is 58.1 Å². The summed E-state index contributed by atoms with van der Waals surface area (Å²) in [6, 6.07) is 12.4. The Hall–Kier alpha value is -2.69. The Morgan fingerprint density at radius 2 is 2.10 bits per heavy atom. The molecule has 158 valence electrons. The van der Waals surface area contributed by atoms with Crippen LogP contribution < -0.4 is 10.2 Å². The van der Waals surface area contributed by atoms with Crippen LogP contribution in [-0.2, 0) is 4.79 Å². The van der Waals surface area contributed by atoms with Crippen molar-refractivity contribution in [1.82, 2.24) is 15.5 Å². The summed E-state index contributed by atoms with van der Waals surface area (Å²) in [5.74, 6) is 1.06. The van der Waals surface area contributed by atoms with Gasteiger partial charge in [-0.1, -0.05) is 35.4 Å². The lowest BCUT2D eigenvalue weighted by Crippen LogP contribution is -2.43. The summed E-state index contributed by atoms with van der Waals surface area (Å²) in [6.45, 7) is 4.48. The summed E-state index contributed by atoms with van der Waals surface area (Å²) >= 11 is 0. The largest absolute Gasteiger partial charge is 0.355 e. The van der Waals surface area contributed by atoms with E-state index in [0.29, 0.717) is 6.54 Å². The van der Waals surface area contributed by atoms with Crippen LogP contribution in [0.1, 0.15) is 50.5 Å². The summed E-state index contributed by atoms with van der Waals surface area (Å²) in [4.78, 5) is 14.9. The predicted molar refractivity (Wildman–Crippen MR) is 121 cm³/mol. The van der Waals surface area contributed by atoms with E-state index < -0.39 is 0 Å². The maximum Gasteiger partial charge on any atom is 0.224 e. The first-order valence-corrected chi connectivity index (χ1v) is 11.3. The van der Waals surface area contributed by atoms with Crippen molar-refractivity contribution in [3.05, 3.63) is 53.6 Å². The number of anilines is 1. The number of hydrogen-bond donors (Lipinski definition) is 1. The number of benzene rings is 1. The van der Waals surface area contributed by atoms with Gasteiger partial charge in [0.15, 0.2) is 5.82 Å². The van der Waals surface area contributed by atoms with Crippen LogP contribution >= 0.6 is 0 Å². The van der Waals surface area contributed by atoms with Gasteiger partial charge in [0, 0.05) is 25.2 Å². The van der Waals surface area contributed by atoms with Crippen LogP contribution in [0.25, 0.3) is 11.3 Å². The molecule has 5 heteroatoms. The Balaban J connectivity index is 1.32. The number of allylic oxidation sites excluding steroid dienone is 1. The van der Waals surface area contributed by atoms with Crippen LogP contribution in [0.3, 0.4) is 0 Å². The lowest BCUT2D eigenvalue weighted by atomic mass is 9.96. The zero-order chi connectivity index (χ0) is 20.8. The van der Waals surface area contributed by atoms with Crippen LogP contribution in [0.5, 0.6) is 0 Å². The highest BCUT2D eigenvalue weighted by Crippen LogP contribution is 2.24. The summed E-state index contributed by atoms with van der Waals surface area (Å²) in [6.07, 6.45) is 10.3. The Kier molecular flexibility index (Phi) is 6.77. The molecule has 1 saturated heterocycles. The van der Waals surface area contributed by atoms with Crippen molar-refractivity contribution in [2.24, 2.45) is 5.92 Å². The molecule has 1 fully saturated rings. The highest BCUT2D eigenvalue weighted by Gasteiger charge is 2.26. The molecule has 1 aromatic carbocycles. The molecule has 4 rings (SSSR count). The van der Waals surface area contributed by atoms with E-state index in [1.165, 1.54) is 36.8 Å². The van der Waals surface area contributed by atoms with Crippen molar-refractivity contribution < 1.29 is 4.79 Å². The molecular formula is C25H32N4O. The van der Waals surface area contributed by atoms with E-state index in [0.717, 1.165) is 49.4 Å². The van der Waals surface area contributed by atoms with Gasteiger partial charge in [0.25, 0.3) is 0 Å². The first-order valence-electron chi connectivity index (χ1n) is 11.3. The molecule has 1 N–H and O–H groups in total. The molecule has 2 heterocycles. The van der Waals surface area contributed by atoms with Crippen LogP contribution in [0.15, 0.2) is 48.0 Å². The van der Waals surface area contributed by atoms with E-state index in [9.17, 15) is 4.79 Å². The van der Waals surface area contributed by atoms with Gasteiger partial charge >= 0.3 is 0 Å². The number of carbonyl (C=O) groups excluding carboxylic acids is 1. The van der Waals surface area contributed by atoms with Gasteiger partial charge in [0.1, 0.15) is 0 Å². The molecule has 2 aliphatic rings. The fourth-order valence-corrected chi connectivity index (χ4v) is 4.47. The van der Waals surface area contributed by atoms with Crippen molar-refractivity contribution >= 4 is 11.7 Å². The van der Waals surface area contributed by atoms with Crippen molar-refractivity contribution in [1.29, 1.82) is 0 Å². The first kappa shape index (κ1) is 20.6. The SMILES string of the molecule is Cc1cccc(-c2ccc(N3CCCC(C(=O)NCCC4=CCCCC4)C3)nn2)c1. The molecule has 5 nitrogen and oxygen atoms in total. The van der Waals surface area contributed by atoms with Gasteiger partial charge < -0.3 is 10.2 Å². The predicted octanol–water partition coefficient (Wildman–Crippen LogP) is 4.68. The van der Waals surface area contributed by atoms with Gasteiger partial charge in [-0.3, -0.25) is 4.79 Å². The smallest absolute Gasteiger partial charge is 0.224 e. The zero-order valence-electron chi connectivity index (χ0n) is 17.9. The molecule has 0 bridgehead atoms. The van der Waals surface area contributed by atoms with Crippen molar-refractivity contribution in [3.63, 3.8) is 0 Å². The molecule has 0 radical (unpaired) electrons. The molecule has 2 aromatic rings. The highest BCUT2D eigenvalue weighted by atomic mass is 16.1. The molecule has 1 amide bonds. The number of rotatable bonds is 6. The molecule has 1 atom stereocenters. The van der Waals surface area contributed by atoms with E-state index in [-0.39, 0.29) is 11.8 Å². The number of aryl methyl sites for hydroxylation is 1. The van der Waals surface area contributed by atoms with Crippen LogP contribution in [0.2, 0.25) is 0 Å². The monoisotopic (exact) mass is 404 g/mol. The van der Waals surface area contributed by atoms with E-state index in [2.05, 4.69) is 51.6 Å². The molecule has 30 heavy (non-hydrogen) atoms. The Morgan fingerprint density at radius 3 is 2.87 bits per heavy atom. The van der Waals surface area contributed by atoms with Gasteiger partial charge in [0.2, 0.25) is 5.91 Å². The molecule has 1 aliphatic carbocycles. The average molecular weight is 405 g/mol. The van der Waals surface area contributed by atoms with Gasteiger partial charge in [-0.05, 0) is 70.1 Å². The quantitative estimate of drug-likeness (QED) is 0.711. The van der Waals surface area contributed by atoms with Crippen molar-refractivity contribution in [2.75, 3.05) is 24.5 Å². The second-order valence-corrected chi connectivity index (χ2v) is 8.58. The maximum absolute atomic E-state index is 12.7. The lowest BCUT2D eigenvalue weighted by molar-refractivity contribution is -0.125. The second-order valence-electron chi connectivity index (χ2n) is 8.58. The standard InChI is InChI=1S/C25H32N4O/c1-19-7-5-10-21(17-19)23-12-13-24(28-27-23)29-16-6-11-22(18-29)25(30)26-15-14-20-8-3-2-4-9-20/h5,7-8,10,12-13,17,22H,2-4,6,9,11,14-16,18H2,1H3,(H,26,30). The molecule has 1 unspecified atom stereocenters. The second kappa shape index (κ2) is 9.88. The van der Waals surface area contributed by atoms with Crippen molar-refractivity contribution in [3.8, 4) is 11.3 Å². The zero-order valence-corrected chi connectivity index (χ0v) is 17.9. The average Bonchev–Trinajstić information content (AvgIpc) is 2.80. The number of aromatic nitrogens is 2. The molecular weight excluding hydrogens is 372 g/mol. The Bertz CT molecular complexity index is 890. The third-order valence-corrected chi connectivity index (χ3v) is 6.21. The third kappa shape index (κ3) is 5.26. The first-order chi connectivity index (χ1) is 14.7. The summed E-state index contributed by atoms with van der Waals surface area (Å²) < 4.78 is 0. The Morgan fingerprint density at radius 1 is 1.17 bits per heavy atom. The Labute approximate surface area is 179 Å². The molecule has 0 saturated carbocycles. The fourth-order valence-electron chi connectivity index (χ4n) is 4.47. The maximum atomic E-state index is 12.7. The van der Waals surface area contributed by atoms with Gasteiger partial charge in [-0.15, -0.1) is 10.2 Å². The number of hydrogen-bond acceptors (Lipinski definition) is 4. The summed E-state index contributed by atoms with van der Waals surface area (Å²) in [5.41, 5.74) is 4.68. The molecule has 0 spiro atoms. The van der Waals surface area contributed by atoms with E-state index in [1.54, 1.807) is 0 Å². The number of piperidine rings is 1. The van der Waals surface area contributed by atoms with E-state index in [1.807, 2.05) is 18.2 Å². The lowest BCUT2D eigenvalue weighted by Gasteiger charge is -2.32. The number of carbonyl (C=O) groups is 1. The minimum atomic E-state index is 0.0253. The van der Waals surface area contributed by atoms with E-state index >= 15 is 0 Å². The van der Waals surface area contributed by atoms with E-state index in [4.69, 9.17) is 0 Å². The molecule has 1 aromatic heterocycles. The fraction of sp³-hybridized carbons (Fsp3) is 0.480. The van der Waals surface area contributed by atoms with Crippen LogP contribution in [0, 0.1) is 12.8 Å². The van der Waals surface area contributed by atoms with Gasteiger partial charge in [-0.25, -0.2) is 0 Å². The molecule has 1 aliphatic heterocycles. The summed E-state index contributed by atoms with van der Waals surface area (Å²) in [7, 11) is 0. The van der Waals surface area contributed by atoms with Crippen molar-refractivity contribution in [2.45, 2.75) is 51.9 Å². The minimum absolute atomic E-state index is 0.0253. The number of nitrogens with zero attached hydrogens (tertiary/aromatic N) is 3. The van der Waals surface area contributed by atoms with Crippen LogP contribution in [-0.4, -0.2) is 35.7 Å². The minimum Gasteiger partial charge on any atom is -0.355 e. The number of nitrogens with one attached hydrogen (secondary N) is 1. The van der Waals surface area contributed by atoms with Crippen LogP contribution in [0.4, 0.5) is 5.82 Å². The summed E-state index contributed by atoms with van der Waals surface area (Å²) in [5, 5.41) is 12.1. The van der Waals surface area contributed by atoms with Gasteiger partial charge in [-0.2, -0.15) is 0 Å². The van der Waals surface area contributed by atoms with Gasteiger partial charge in [0.05, 0.1) is 11.6 Å². The third-order valence-electron chi connectivity index (χ3n) is 6.21. The normalized spacial score (nSPS) is 19.3. The highest BCUT2D eigenvalue weighted by molar-refractivity contribution is 5.79. The number of amides is 1.